The van der Waals surface area contributed by atoms with Crippen LogP contribution in [-0.2, 0) is 9.47 Å². The maximum atomic E-state index is 8.53. The number of rotatable bonds is 9. The molecule has 0 aliphatic rings. The van der Waals surface area contributed by atoms with Crippen molar-refractivity contribution in [3.05, 3.63) is 42.5 Å². The maximum Gasteiger partial charge on any atom is 0.127 e. The minimum atomic E-state index is 0.0429. The highest BCUT2D eigenvalue weighted by molar-refractivity contribution is 5.87. The fraction of sp³-hybridized carbons (Fsp3) is 0.375. The summed E-state index contributed by atoms with van der Waals surface area (Å²) >= 11 is 0. The highest BCUT2D eigenvalue weighted by Gasteiger charge is 2.00. The van der Waals surface area contributed by atoms with E-state index in [4.69, 9.17) is 19.3 Å². The zero-order chi connectivity index (χ0) is 14.0. The number of hydrogen-bond acceptors (Lipinski definition) is 4. The van der Waals surface area contributed by atoms with Crippen molar-refractivity contribution in [1.29, 1.82) is 0 Å². The van der Waals surface area contributed by atoms with Gasteiger partial charge in [0.1, 0.15) is 12.4 Å². The third-order valence-electron chi connectivity index (χ3n) is 2.76. The first-order chi connectivity index (χ1) is 9.92. The van der Waals surface area contributed by atoms with Gasteiger partial charge in [-0.05, 0) is 17.5 Å². The topological polar surface area (TPSA) is 47.9 Å². The molecule has 4 heteroatoms. The maximum absolute atomic E-state index is 8.53. The van der Waals surface area contributed by atoms with Crippen LogP contribution >= 0.6 is 0 Å². The molecule has 0 amide bonds. The summed E-state index contributed by atoms with van der Waals surface area (Å²) in [6, 6.07) is 14.9. The molecule has 0 aliphatic heterocycles. The van der Waals surface area contributed by atoms with Gasteiger partial charge >= 0.3 is 0 Å². The van der Waals surface area contributed by atoms with Gasteiger partial charge in [0.05, 0.1) is 33.0 Å². The first kappa shape index (κ1) is 14.8. The van der Waals surface area contributed by atoms with Gasteiger partial charge in [0, 0.05) is 5.39 Å². The molecule has 0 bridgehead atoms. The standard InChI is InChI=1S/C16H19O4/c17-8-9-18-10-11-19-12-13-20-16-7-3-5-14-4-1-2-6-15(14)16/h1-4,6-7,17H,8-13H2. The number of hydrogen-bond donors (Lipinski definition) is 1. The van der Waals surface area contributed by atoms with Crippen LogP contribution in [0.4, 0.5) is 0 Å². The average molecular weight is 275 g/mol. The molecule has 107 valence electrons. The molecule has 1 N–H and O–H groups in total. The van der Waals surface area contributed by atoms with Crippen molar-refractivity contribution in [2.75, 3.05) is 39.6 Å². The van der Waals surface area contributed by atoms with Gasteiger partial charge in [0.15, 0.2) is 0 Å². The Morgan fingerprint density at radius 2 is 1.65 bits per heavy atom. The molecular weight excluding hydrogens is 256 g/mol. The van der Waals surface area contributed by atoms with E-state index in [0.29, 0.717) is 33.0 Å². The summed E-state index contributed by atoms with van der Waals surface area (Å²) in [4.78, 5) is 0. The highest BCUT2D eigenvalue weighted by atomic mass is 16.5. The molecule has 1 radical (unpaired) electrons. The van der Waals surface area contributed by atoms with Crippen LogP contribution in [0.2, 0.25) is 0 Å². The number of benzene rings is 2. The minimum absolute atomic E-state index is 0.0429. The first-order valence-corrected chi connectivity index (χ1v) is 6.70. The number of aliphatic hydroxyl groups is 1. The second-order valence-electron chi connectivity index (χ2n) is 4.18. The average Bonchev–Trinajstić information content (AvgIpc) is 2.50. The monoisotopic (exact) mass is 275 g/mol. The van der Waals surface area contributed by atoms with Gasteiger partial charge in [-0.1, -0.05) is 30.3 Å². The molecule has 0 aliphatic carbocycles. The number of fused-ring (bicyclic) bond motifs is 1. The molecule has 4 nitrogen and oxygen atoms in total. The zero-order valence-corrected chi connectivity index (χ0v) is 11.4. The van der Waals surface area contributed by atoms with E-state index in [1.165, 1.54) is 0 Å². The second-order valence-corrected chi connectivity index (χ2v) is 4.18. The first-order valence-electron chi connectivity index (χ1n) is 6.70. The summed E-state index contributed by atoms with van der Waals surface area (Å²) in [7, 11) is 0. The summed E-state index contributed by atoms with van der Waals surface area (Å²) < 4.78 is 16.2. The van der Waals surface area contributed by atoms with Crippen LogP contribution in [0.3, 0.4) is 0 Å². The predicted molar refractivity (Wildman–Crippen MR) is 77.0 cm³/mol. The quantitative estimate of drug-likeness (QED) is 0.712. The Balaban J connectivity index is 1.71. The molecule has 20 heavy (non-hydrogen) atoms. The molecule has 0 aromatic heterocycles. The summed E-state index contributed by atoms with van der Waals surface area (Å²) in [5.41, 5.74) is 0. The van der Waals surface area contributed by atoms with Crippen molar-refractivity contribution in [2.45, 2.75) is 0 Å². The molecule has 0 spiro atoms. The molecule has 0 heterocycles. The van der Waals surface area contributed by atoms with E-state index in [1.807, 2.05) is 36.4 Å². The lowest BCUT2D eigenvalue weighted by atomic mass is 10.1. The SMILES string of the molecule is OCCOCCOCCOc1cc[c]c2ccccc12. The summed E-state index contributed by atoms with van der Waals surface area (Å²) in [6.45, 7) is 2.40. The van der Waals surface area contributed by atoms with Gasteiger partial charge in [-0.25, -0.2) is 0 Å². The van der Waals surface area contributed by atoms with Gasteiger partial charge in [-0.2, -0.15) is 0 Å². The van der Waals surface area contributed by atoms with Crippen LogP contribution in [0, 0.1) is 6.07 Å². The van der Waals surface area contributed by atoms with E-state index < -0.39 is 0 Å². The van der Waals surface area contributed by atoms with Crippen LogP contribution in [0.15, 0.2) is 36.4 Å². The van der Waals surface area contributed by atoms with Crippen molar-refractivity contribution in [3.8, 4) is 5.75 Å². The summed E-state index contributed by atoms with van der Waals surface area (Å²) in [6.07, 6.45) is 0. The van der Waals surface area contributed by atoms with E-state index in [-0.39, 0.29) is 6.61 Å². The Hall–Kier alpha value is -1.62. The van der Waals surface area contributed by atoms with Gasteiger partial charge in [-0.15, -0.1) is 0 Å². The van der Waals surface area contributed by atoms with Crippen LogP contribution in [0.5, 0.6) is 5.75 Å². The number of aliphatic hydroxyl groups excluding tert-OH is 1. The molecule has 0 saturated heterocycles. The van der Waals surface area contributed by atoms with E-state index in [0.717, 1.165) is 16.5 Å². The molecule has 0 unspecified atom stereocenters. The number of ether oxygens (including phenoxy) is 3. The van der Waals surface area contributed by atoms with Crippen LogP contribution < -0.4 is 4.74 Å². The van der Waals surface area contributed by atoms with Gasteiger partial charge in [0.2, 0.25) is 0 Å². The molecule has 2 aromatic rings. The summed E-state index contributed by atoms with van der Waals surface area (Å²) in [5, 5.41) is 10.6. The lowest BCUT2D eigenvalue weighted by molar-refractivity contribution is 0.0248. The molecule has 0 saturated carbocycles. The van der Waals surface area contributed by atoms with E-state index >= 15 is 0 Å². The van der Waals surface area contributed by atoms with Gasteiger partial charge in [0.25, 0.3) is 0 Å². The van der Waals surface area contributed by atoms with Gasteiger partial charge < -0.3 is 19.3 Å². The molecule has 2 aromatic carbocycles. The second kappa shape index (κ2) is 8.53. The third-order valence-corrected chi connectivity index (χ3v) is 2.76. The van der Waals surface area contributed by atoms with E-state index in [1.54, 1.807) is 0 Å². The van der Waals surface area contributed by atoms with Crippen molar-refractivity contribution in [1.82, 2.24) is 0 Å². The molecule has 0 fully saturated rings. The van der Waals surface area contributed by atoms with Crippen molar-refractivity contribution >= 4 is 10.8 Å². The Labute approximate surface area is 118 Å². The lowest BCUT2D eigenvalue weighted by Crippen LogP contribution is -2.12. The molecule has 2 rings (SSSR count). The minimum Gasteiger partial charge on any atom is -0.491 e. The highest BCUT2D eigenvalue weighted by Crippen LogP contribution is 2.24. The summed E-state index contributed by atoms with van der Waals surface area (Å²) in [5.74, 6) is 0.847. The third kappa shape index (κ3) is 4.49. The normalized spacial score (nSPS) is 10.8. The molecule has 0 atom stereocenters. The Bertz CT molecular complexity index is 507. The smallest absolute Gasteiger partial charge is 0.127 e. The van der Waals surface area contributed by atoms with Crippen LogP contribution in [0.25, 0.3) is 10.8 Å². The Morgan fingerprint density at radius 3 is 2.50 bits per heavy atom. The largest absolute Gasteiger partial charge is 0.491 e. The Morgan fingerprint density at radius 1 is 0.900 bits per heavy atom. The molecular formula is C16H19O4. The predicted octanol–water partition coefficient (Wildman–Crippen LogP) is 2.04. The van der Waals surface area contributed by atoms with Crippen LogP contribution in [-0.4, -0.2) is 44.7 Å². The Kier molecular flexibility index (Phi) is 6.31. The van der Waals surface area contributed by atoms with Crippen molar-refractivity contribution in [3.63, 3.8) is 0 Å². The van der Waals surface area contributed by atoms with Crippen LogP contribution in [0.1, 0.15) is 0 Å². The van der Waals surface area contributed by atoms with E-state index in [2.05, 4.69) is 6.07 Å². The fourth-order valence-electron chi connectivity index (χ4n) is 1.84. The zero-order valence-electron chi connectivity index (χ0n) is 11.4. The fourth-order valence-corrected chi connectivity index (χ4v) is 1.84. The lowest BCUT2D eigenvalue weighted by Gasteiger charge is -2.09. The van der Waals surface area contributed by atoms with Crippen molar-refractivity contribution in [2.24, 2.45) is 0 Å². The van der Waals surface area contributed by atoms with E-state index in [9.17, 15) is 0 Å². The van der Waals surface area contributed by atoms with Crippen molar-refractivity contribution < 1.29 is 19.3 Å². The van der Waals surface area contributed by atoms with Gasteiger partial charge in [-0.3, -0.25) is 0 Å².